The van der Waals surface area contributed by atoms with Crippen molar-refractivity contribution in [3.05, 3.63) is 76.9 Å². The molecule has 2 aliphatic heterocycles. The first-order valence-electron chi connectivity index (χ1n) is 12.1. The standard InChI is InChI=1S/C27H30F4N2O2/c28-22-4-2-19(3-5-22)20-7-11-32(12-8-20)25(17-34)21-9-13-33(14-10-21)26(35)6-1-18-15-23(29)27(31)24(30)16-18/h1-6,15-16,20-21,25,34H,7-14,17H2. The van der Waals surface area contributed by atoms with Crippen molar-refractivity contribution in [3.8, 4) is 0 Å². The molecule has 1 amide bonds. The molecule has 0 aromatic heterocycles. The highest BCUT2D eigenvalue weighted by atomic mass is 19.2. The molecule has 2 aromatic rings. The summed E-state index contributed by atoms with van der Waals surface area (Å²) in [5.41, 5.74) is 1.23. The molecule has 1 N–H and O–H groups in total. The number of aliphatic hydroxyl groups excluding tert-OH is 1. The monoisotopic (exact) mass is 490 g/mol. The summed E-state index contributed by atoms with van der Waals surface area (Å²) < 4.78 is 53.0. The number of nitrogens with zero attached hydrogens (tertiary/aromatic N) is 2. The maximum atomic E-state index is 13.4. The summed E-state index contributed by atoms with van der Waals surface area (Å²) in [5, 5.41) is 10.1. The molecule has 35 heavy (non-hydrogen) atoms. The molecule has 2 aliphatic rings. The minimum atomic E-state index is -1.53. The lowest BCUT2D eigenvalue weighted by atomic mass is 9.85. The minimum absolute atomic E-state index is 0.0297. The van der Waals surface area contributed by atoms with Crippen LogP contribution in [0.3, 0.4) is 0 Å². The molecular weight excluding hydrogens is 460 g/mol. The second-order valence-electron chi connectivity index (χ2n) is 9.41. The quantitative estimate of drug-likeness (QED) is 0.362. The van der Waals surface area contributed by atoms with Gasteiger partial charge < -0.3 is 10.0 Å². The number of hydrogen-bond donors (Lipinski definition) is 1. The molecule has 1 atom stereocenters. The first-order chi connectivity index (χ1) is 16.9. The molecule has 4 nitrogen and oxygen atoms in total. The van der Waals surface area contributed by atoms with Crippen LogP contribution in [0.5, 0.6) is 0 Å². The third-order valence-electron chi connectivity index (χ3n) is 7.35. The van der Waals surface area contributed by atoms with Crippen molar-refractivity contribution in [1.29, 1.82) is 0 Å². The van der Waals surface area contributed by atoms with Crippen LogP contribution in [0.4, 0.5) is 17.6 Å². The molecule has 8 heteroatoms. The molecular formula is C27H30F4N2O2. The van der Waals surface area contributed by atoms with Crippen LogP contribution in [0.15, 0.2) is 42.5 Å². The van der Waals surface area contributed by atoms with Gasteiger partial charge in [-0.2, -0.15) is 0 Å². The smallest absolute Gasteiger partial charge is 0.246 e. The maximum absolute atomic E-state index is 13.4. The third kappa shape index (κ3) is 6.11. The van der Waals surface area contributed by atoms with Crippen LogP contribution in [0, 0.1) is 29.2 Å². The van der Waals surface area contributed by atoms with E-state index in [0.29, 0.717) is 19.0 Å². The zero-order valence-electron chi connectivity index (χ0n) is 19.5. The Labute approximate surface area is 202 Å². The van der Waals surface area contributed by atoms with Gasteiger partial charge in [-0.15, -0.1) is 0 Å². The molecule has 0 radical (unpaired) electrons. The van der Waals surface area contributed by atoms with Crippen LogP contribution in [0.25, 0.3) is 6.08 Å². The van der Waals surface area contributed by atoms with E-state index in [-0.39, 0.29) is 35.9 Å². The van der Waals surface area contributed by atoms with E-state index < -0.39 is 17.5 Å². The Morgan fingerprint density at radius 2 is 1.54 bits per heavy atom. The van der Waals surface area contributed by atoms with Gasteiger partial charge in [0.2, 0.25) is 5.91 Å². The normalized spacial score (nSPS) is 19.4. The van der Waals surface area contributed by atoms with Crippen LogP contribution in [-0.2, 0) is 4.79 Å². The Morgan fingerprint density at radius 3 is 2.11 bits per heavy atom. The first kappa shape index (κ1) is 25.4. The second kappa shape index (κ2) is 11.4. The van der Waals surface area contributed by atoms with Crippen molar-refractivity contribution in [2.24, 2.45) is 5.92 Å². The van der Waals surface area contributed by atoms with Gasteiger partial charge in [0.05, 0.1) is 6.61 Å². The Kier molecular flexibility index (Phi) is 8.23. The van der Waals surface area contributed by atoms with E-state index in [1.807, 2.05) is 12.1 Å². The summed E-state index contributed by atoms with van der Waals surface area (Å²) in [6.45, 7) is 2.84. The van der Waals surface area contributed by atoms with Crippen LogP contribution in [0.1, 0.15) is 42.7 Å². The molecule has 188 valence electrons. The van der Waals surface area contributed by atoms with Gasteiger partial charge >= 0.3 is 0 Å². The highest BCUT2D eigenvalue weighted by Gasteiger charge is 2.33. The van der Waals surface area contributed by atoms with Crippen molar-refractivity contribution in [2.75, 3.05) is 32.8 Å². The van der Waals surface area contributed by atoms with Crippen LogP contribution in [-0.4, -0.2) is 59.6 Å². The van der Waals surface area contributed by atoms with Crippen LogP contribution >= 0.6 is 0 Å². The SMILES string of the molecule is O=C(C=Cc1cc(F)c(F)c(F)c1)N1CCC(C(CO)N2CCC(c3ccc(F)cc3)CC2)CC1. The number of carbonyl (C=O) groups excluding carboxylic acids is 1. The predicted octanol–water partition coefficient (Wildman–Crippen LogP) is 4.74. The predicted molar refractivity (Wildman–Crippen MR) is 125 cm³/mol. The third-order valence-corrected chi connectivity index (χ3v) is 7.35. The van der Waals surface area contributed by atoms with Crippen molar-refractivity contribution in [1.82, 2.24) is 9.80 Å². The summed E-state index contributed by atoms with van der Waals surface area (Å²) in [4.78, 5) is 16.6. The number of carbonyl (C=O) groups is 1. The number of halogens is 4. The van der Waals surface area contributed by atoms with E-state index in [4.69, 9.17) is 0 Å². The summed E-state index contributed by atoms with van der Waals surface area (Å²) in [5.74, 6) is -3.98. The van der Waals surface area contributed by atoms with E-state index in [0.717, 1.165) is 56.5 Å². The number of aliphatic hydroxyl groups is 1. The molecule has 1 unspecified atom stereocenters. The minimum Gasteiger partial charge on any atom is -0.395 e. The lowest BCUT2D eigenvalue weighted by Gasteiger charge is -2.43. The number of likely N-dealkylation sites (tertiary alicyclic amines) is 2. The zero-order chi connectivity index (χ0) is 24.9. The van der Waals surface area contributed by atoms with E-state index >= 15 is 0 Å². The van der Waals surface area contributed by atoms with Gasteiger partial charge in [-0.1, -0.05) is 12.1 Å². The van der Waals surface area contributed by atoms with E-state index in [9.17, 15) is 27.5 Å². The number of amides is 1. The molecule has 2 saturated heterocycles. The molecule has 2 heterocycles. The highest BCUT2D eigenvalue weighted by Crippen LogP contribution is 2.32. The van der Waals surface area contributed by atoms with Crippen molar-refractivity contribution < 1.29 is 27.5 Å². The van der Waals surface area contributed by atoms with Gasteiger partial charge in [0.15, 0.2) is 17.5 Å². The molecule has 0 aliphatic carbocycles. The maximum Gasteiger partial charge on any atom is 0.246 e. The molecule has 0 bridgehead atoms. The molecule has 2 fully saturated rings. The number of piperidine rings is 2. The van der Waals surface area contributed by atoms with Gasteiger partial charge in [-0.3, -0.25) is 9.69 Å². The van der Waals surface area contributed by atoms with Crippen LogP contribution < -0.4 is 0 Å². The fourth-order valence-corrected chi connectivity index (χ4v) is 5.31. The summed E-state index contributed by atoms with van der Waals surface area (Å²) in [6.07, 6.45) is 5.94. The van der Waals surface area contributed by atoms with E-state index in [1.165, 1.54) is 24.3 Å². The molecule has 0 spiro atoms. The fourth-order valence-electron chi connectivity index (χ4n) is 5.31. The molecule has 2 aromatic carbocycles. The van der Waals surface area contributed by atoms with Gasteiger partial charge in [-0.25, -0.2) is 17.6 Å². The zero-order valence-corrected chi connectivity index (χ0v) is 19.5. The number of hydrogen-bond acceptors (Lipinski definition) is 3. The topological polar surface area (TPSA) is 43.8 Å². The van der Waals surface area contributed by atoms with Gasteiger partial charge in [0.1, 0.15) is 5.82 Å². The van der Waals surface area contributed by atoms with E-state index in [2.05, 4.69) is 4.90 Å². The second-order valence-corrected chi connectivity index (χ2v) is 9.41. The Morgan fingerprint density at radius 1 is 0.943 bits per heavy atom. The fraction of sp³-hybridized carbons (Fsp3) is 0.444. The van der Waals surface area contributed by atoms with Crippen LogP contribution in [0.2, 0.25) is 0 Å². The van der Waals surface area contributed by atoms with E-state index in [1.54, 1.807) is 4.90 Å². The lowest BCUT2D eigenvalue weighted by molar-refractivity contribution is -0.127. The lowest BCUT2D eigenvalue weighted by Crippen LogP contribution is -2.50. The summed E-state index contributed by atoms with van der Waals surface area (Å²) >= 11 is 0. The average Bonchev–Trinajstić information content (AvgIpc) is 2.87. The molecule has 4 rings (SSSR count). The largest absolute Gasteiger partial charge is 0.395 e. The first-order valence-corrected chi connectivity index (χ1v) is 12.1. The summed E-state index contributed by atoms with van der Waals surface area (Å²) in [6, 6.07) is 8.42. The Bertz CT molecular complexity index is 1020. The van der Waals surface area contributed by atoms with Crippen molar-refractivity contribution in [2.45, 2.75) is 37.6 Å². The highest BCUT2D eigenvalue weighted by molar-refractivity contribution is 5.91. The number of rotatable bonds is 6. The van der Waals surface area contributed by atoms with Crippen molar-refractivity contribution in [3.63, 3.8) is 0 Å². The number of benzene rings is 2. The summed E-state index contributed by atoms with van der Waals surface area (Å²) in [7, 11) is 0. The molecule has 0 saturated carbocycles. The van der Waals surface area contributed by atoms with Gasteiger partial charge in [-0.05, 0) is 92.1 Å². The average molecular weight is 491 g/mol. The van der Waals surface area contributed by atoms with Crippen molar-refractivity contribution >= 4 is 12.0 Å². The van der Waals surface area contributed by atoms with Gasteiger partial charge in [0, 0.05) is 25.2 Å². The van der Waals surface area contributed by atoms with Gasteiger partial charge in [0.25, 0.3) is 0 Å². The Hall–Kier alpha value is -2.71. The Balaban J connectivity index is 1.28.